The number of nitrogens with two attached hydrogens (primary N) is 1. The Morgan fingerprint density at radius 2 is 1.45 bits per heavy atom. The molecule has 0 amide bonds. The van der Waals surface area contributed by atoms with Gasteiger partial charge in [0.05, 0.1) is 21.4 Å². The van der Waals surface area contributed by atoms with Gasteiger partial charge in [0.2, 0.25) is 0 Å². The van der Waals surface area contributed by atoms with E-state index in [1.165, 1.54) is 0 Å². The lowest BCUT2D eigenvalue weighted by Gasteiger charge is -2.15. The van der Waals surface area contributed by atoms with Crippen molar-refractivity contribution in [2.45, 2.75) is 27.3 Å². The third kappa shape index (κ3) is 2.87. The summed E-state index contributed by atoms with van der Waals surface area (Å²) >= 11 is 12.5. The topological polar surface area (TPSA) is 38.0 Å². The number of hydrogen-bond acceptors (Lipinski definition) is 2. The van der Waals surface area contributed by atoms with Crippen LogP contribution in [-0.2, 0) is 6.54 Å². The molecule has 0 radical (unpaired) electrons. The number of benzene rings is 2. The number of anilines is 2. The first-order valence-electron chi connectivity index (χ1n) is 6.45. The Morgan fingerprint density at radius 1 is 0.900 bits per heavy atom. The molecule has 2 nitrogen and oxygen atoms in total. The summed E-state index contributed by atoms with van der Waals surface area (Å²) in [6, 6.07) is 8.03. The fourth-order valence-electron chi connectivity index (χ4n) is 2.07. The zero-order valence-corrected chi connectivity index (χ0v) is 13.4. The molecule has 20 heavy (non-hydrogen) atoms. The zero-order valence-electron chi connectivity index (χ0n) is 11.8. The second-order valence-corrected chi connectivity index (χ2v) is 5.77. The van der Waals surface area contributed by atoms with Gasteiger partial charge in [0.15, 0.2) is 0 Å². The van der Waals surface area contributed by atoms with Gasteiger partial charge in [-0.05, 0) is 43.0 Å². The van der Waals surface area contributed by atoms with Crippen LogP contribution in [0.3, 0.4) is 0 Å². The van der Waals surface area contributed by atoms with Crippen molar-refractivity contribution in [2.75, 3.05) is 11.1 Å². The predicted molar refractivity (Wildman–Crippen MR) is 88.9 cm³/mol. The quantitative estimate of drug-likeness (QED) is 0.773. The molecular formula is C16H18Cl2N2. The Balaban J connectivity index is 2.26. The molecule has 2 aromatic rings. The van der Waals surface area contributed by atoms with E-state index in [4.69, 9.17) is 28.9 Å². The van der Waals surface area contributed by atoms with Gasteiger partial charge in [-0.25, -0.2) is 0 Å². The van der Waals surface area contributed by atoms with Crippen LogP contribution in [0, 0.1) is 20.8 Å². The van der Waals surface area contributed by atoms with E-state index in [2.05, 4.69) is 11.4 Å². The Kier molecular flexibility index (Phi) is 4.46. The third-order valence-electron chi connectivity index (χ3n) is 3.46. The number of aryl methyl sites for hydroxylation is 3. The summed E-state index contributed by atoms with van der Waals surface area (Å²) in [5.41, 5.74) is 11.7. The Bertz CT molecular complexity index is 651. The Hall–Kier alpha value is -1.38. The van der Waals surface area contributed by atoms with Crippen LogP contribution in [0.5, 0.6) is 0 Å². The molecule has 4 heteroatoms. The highest BCUT2D eigenvalue weighted by atomic mass is 35.5. The van der Waals surface area contributed by atoms with Crippen molar-refractivity contribution < 1.29 is 0 Å². The molecule has 106 valence electrons. The molecule has 0 bridgehead atoms. The van der Waals surface area contributed by atoms with Gasteiger partial charge in [-0.2, -0.15) is 0 Å². The molecule has 0 aromatic heterocycles. The first-order chi connectivity index (χ1) is 9.41. The highest BCUT2D eigenvalue weighted by Crippen LogP contribution is 2.31. The van der Waals surface area contributed by atoms with Gasteiger partial charge in [0.25, 0.3) is 0 Å². The first-order valence-corrected chi connectivity index (χ1v) is 7.20. The third-order valence-corrected chi connectivity index (χ3v) is 4.45. The Morgan fingerprint density at radius 3 is 2.15 bits per heavy atom. The molecule has 0 saturated carbocycles. The highest BCUT2D eigenvalue weighted by molar-refractivity contribution is 6.34. The number of hydrogen-bond donors (Lipinski definition) is 2. The van der Waals surface area contributed by atoms with Crippen molar-refractivity contribution in [1.29, 1.82) is 0 Å². The Labute approximate surface area is 129 Å². The minimum atomic E-state index is 0.593. The standard InChI is InChI=1S/C16H18Cl2N2/c1-9-6-7-12(15(19)13(9)17)8-20-16-11(3)5-4-10(2)14(16)18/h4-7,20H,8,19H2,1-3H3. The molecule has 0 aliphatic heterocycles. The van der Waals surface area contributed by atoms with Crippen LogP contribution in [0.25, 0.3) is 0 Å². The second kappa shape index (κ2) is 5.94. The molecule has 2 aromatic carbocycles. The molecule has 0 aliphatic rings. The number of rotatable bonds is 3. The highest BCUT2D eigenvalue weighted by Gasteiger charge is 2.09. The average molecular weight is 309 g/mol. The van der Waals surface area contributed by atoms with Gasteiger partial charge in [-0.15, -0.1) is 0 Å². The fraction of sp³-hybridized carbons (Fsp3) is 0.250. The summed E-state index contributed by atoms with van der Waals surface area (Å²) in [6.45, 7) is 6.55. The van der Waals surface area contributed by atoms with E-state index in [-0.39, 0.29) is 0 Å². The number of halogens is 2. The van der Waals surface area contributed by atoms with Crippen LogP contribution in [0.4, 0.5) is 11.4 Å². The van der Waals surface area contributed by atoms with Crippen LogP contribution in [0.15, 0.2) is 24.3 Å². The monoisotopic (exact) mass is 308 g/mol. The maximum absolute atomic E-state index is 6.34. The van der Waals surface area contributed by atoms with Crippen molar-refractivity contribution >= 4 is 34.6 Å². The summed E-state index contributed by atoms with van der Waals surface area (Å²) in [5.74, 6) is 0. The predicted octanol–water partition coefficient (Wildman–Crippen LogP) is 5.11. The van der Waals surface area contributed by atoms with E-state index in [9.17, 15) is 0 Å². The second-order valence-electron chi connectivity index (χ2n) is 5.01. The number of nitrogens with one attached hydrogen (secondary N) is 1. The lowest BCUT2D eigenvalue weighted by atomic mass is 10.1. The molecular weight excluding hydrogens is 291 g/mol. The summed E-state index contributed by atoms with van der Waals surface area (Å²) < 4.78 is 0. The molecule has 0 atom stereocenters. The van der Waals surface area contributed by atoms with Crippen LogP contribution in [-0.4, -0.2) is 0 Å². The van der Waals surface area contributed by atoms with Gasteiger partial charge >= 0.3 is 0 Å². The molecule has 2 rings (SSSR count). The van der Waals surface area contributed by atoms with E-state index < -0.39 is 0 Å². The lowest BCUT2D eigenvalue weighted by molar-refractivity contribution is 1.14. The van der Waals surface area contributed by atoms with Crippen LogP contribution >= 0.6 is 23.2 Å². The van der Waals surface area contributed by atoms with E-state index >= 15 is 0 Å². The van der Waals surface area contributed by atoms with Crippen molar-refractivity contribution in [1.82, 2.24) is 0 Å². The van der Waals surface area contributed by atoms with Gasteiger partial charge in [0, 0.05) is 6.54 Å². The smallest absolute Gasteiger partial charge is 0.0669 e. The van der Waals surface area contributed by atoms with Crippen LogP contribution in [0.1, 0.15) is 22.3 Å². The van der Waals surface area contributed by atoms with Crippen molar-refractivity contribution in [2.24, 2.45) is 0 Å². The minimum Gasteiger partial charge on any atom is -0.397 e. The summed E-state index contributed by atoms with van der Waals surface area (Å²) in [6.07, 6.45) is 0. The number of nitrogen functional groups attached to an aromatic ring is 1. The zero-order chi connectivity index (χ0) is 14.9. The molecule has 0 saturated heterocycles. The molecule has 0 unspecified atom stereocenters. The van der Waals surface area contributed by atoms with E-state index in [1.807, 2.05) is 39.0 Å². The summed E-state index contributed by atoms with van der Waals surface area (Å²) in [4.78, 5) is 0. The molecule has 0 heterocycles. The van der Waals surface area contributed by atoms with Gasteiger partial charge in [-0.3, -0.25) is 0 Å². The van der Waals surface area contributed by atoms with E-state index in [0.717, 1.165) is 33.0 Å². The van der Waals surface area contributed by atoms with Crippen LogP contribution < -0.4 is 11.1 Å². The maximum atomic E-state index is 6.34. The van der Waals surface area contributed by atoms with Gasteiger partial charge < -0.3 is 11.1 Å². The van der Waals surface area contributed by atoms with Crippen molar-refractivity contribution in [3.8, 4) is 0 Å². The van der Waals surface area contributed by atoms with E-state index in [1.54, 1.807) is 0 Å². The summed E-state index contributed by atoms with van der Waals surface area (Å²) in [5, 5.41) is 4.73. The fourth-order valence-corrected chi connectivity index (χ4v) is 2.54. The molecule has 0 fully saturated rings. The molecule has 0 spiro atoms. The largest absolute Gasteiger partial charge is 0.397 e. The normalized spacial score (nSPS) is 10.7. The lowest BCUT2D eigenvalue weighted by Crippen LogP contribution is -2.06. The van der Waals surface area contributed by atoms with Gasteiger partial charge in [0.1, 0.15) is 0 Å². The van der Waals surface area contributed by atoms with E-state index in [0.29, 0.717) is 17.3 Å². The van der Waals surface area contributed by atoms with Crippen LogP contribution in [0.2, 0.25) is 10.0 Å². The maximum Gasteiger partial charge on any atom is 0.0669 e. The first kappa shape index (κ1) is 15.0. The van der Waals surface area contributed by atoms with Crippen molar-refractivity contribution in [3.63, 3.8) is 0 Å². The summed E-state index contributed by atoms with van der Waals surface area (Å²) in [7, 11) is 0. The minimum absolute atomic E-state index is 0.593. The molecule has 3 N–H and O–H groups in total. The van der Waals surface area contributed by atoms with Crippen molar-refractivity contribution in [3.05, 3.63) is 56.6 Å². The molecule has 0 aliphatic carbocycles. The van der Waals surface area contributed by atoms with Gasteiger partial charge in [-0.1, -0.05) is 47.5 Å². The SMILES string of the molecule is Cc1ccc(CNc2c(C)ccc(C)c2Cl)c(N)c1Cl. The average Bonchev–Trinajstić information content (AvgIpc) is 2.42.